The van der Waals surface area contributed by atoms with Crippen molar-refractivity contribution in [2.75, 3.05) is 13.2 Å². The zero-order valence-corrected chi connectivity index (χ0v) is 8.27. The van der Waals surface area contributed by atoms with Gasteiger partial charge in [0, 0.05) is 19.3 Å². The molecule has 1 saturated heterocycles. The summed E-state index contributed by atoms with van der Waals surface area (Å²) in [6.45, 7) is 3.36. The number of rotatable bonds is 1. The molecule has 0 aliphatic carbocycles. The Balaban J connectivity index is 2.29. The summed E-state index contributed by atoms with van der Waals surface area (Å²) in [5, 5.41) is 4.24. The molecule has 4 nitrogen and oxygen atoms in total. The van der Waals surface area contributed by atoms with Crippen LogP contribution in [0.5, 0.6) is 0 Å². The van der Waals surface area contributed by atoms with Crippen LogP contribution in [0.3, 0.4) is 0 Å². The van der Waals surface area contributed by atoms with Gasteiger partial charge in [-0.1, -0.05) is 0 Å². The summed E-state index contributed by atoms with van der Waals surface area (Å²) < 4.78 is 6.84. The quantitative estimate of drug-likeness (QED) is 0.667. The molecule has 1 fully saturated rings. The molecular weight excluding hydrogens is 180 g/mol. The minimum absolute atomic E-state index is 0.0116. The van der Waals surface area contributed by atoms with Crippen LogP contribution in [0.15, 0.2) is 16.9 Å². The van der Waals surface area contributed by atoms with Gasteiger partial charge in [0.25, 0.3) is 5.56 Å². The summed E-state index contributed by atoms with van der Waals surface area (Å²) in [6, 6.07) is 3.55. The first-order valence-electron chi connectivity index (χ1n) is 4.91. The third kappa shape index (κ3) is 1.85. The van der Waals surface area contributed by atoms with E-state index in [1.165, 1.54) is 0 Å². The Bertz CT molecular complexity index is 367. The second kappa shape index (κ2) is 3.92. The second-order valence-electron chi connectivity index (χ2n) is 3.60. The fraction of sp³-hybridized carbons (Fsp3) is 0.600. The Morgan fingerprint density at radius 2 is 2.14 bits per heavy atom. The van der Waals surface area contributed by atoms with E-state index >= 15 is 0 Å². The van der Waals surface area contributed by atoms with Gasteiger partial charge in [-0.2, -0.15) is 5.10 Å². The molecule has 1 aliphatic rings. The summed E-state index contributed by atoms with van der Waals surface area (Å²) >= 11 is 0. The number of aryl methyl sites for hydroxylation is 1. The van der Waals surface area contributed by atoms with Gasteiger partial charge in [0.2, 0.25) is 0 Å². The summed E-state index contributed by atoms with van der Waals surface area (Å²) in [5.74, 6) is 0. The fourth-order valence-electron chi connectivity index (χ4n) is 1.71. The van der Waals surface area contributed by atoms with Gasteiger partial charge in [-0.25, -0.2) is 4.68 Å². The highest BCUT2D eigenvalue weighted by Gasteiger charge is 2.17. The zero-order valence-electron chi connectivity index (χ0n) is 8.27. The maximum absolute atomic E-state index is 11.5. The lowest BCUT2D eigenvalue weighted by Crippen LogP contribution is -2.30. The Hall–Kier alpha value is -1.16. The van der Waals surface area contributed by atoms with Gasteiger partial charge in [-0.05, 0) is 25.8 Å². The molecule has 0 unspecified atom stereocenters. The molecule has 14 heavy (non-hydrogen) atoms. The average Bonchev–Trinajstić information content (AvgIpc) is 2.23. The fourth-order valence-corrected chi connectivity index (χ4v) is 1.71. The van der Waals surface area contributed by atoms with E-state index in [0.717, 1.165) is 31.7 Å². The van der Waals surface area contributed by atoms with Gasteiger partial charge in [0.05, 0.1) is 11.7 Å². The van der Waals surface area contributed by atoms with Crippen molar-refractivity contribution < 1.29 is 4.74 Å². The first-order valence-corrected chi connectivity index (χ1v) is 4.91. The van der Waals surface area contributed by atoms with Crippen LogP contribution in [0.2, 0.25) is 0 Å². The van der Waals surface area contributed by atoms with Gasteiger partial charge in [0.1, 0.15) is 0 Å². The van der Waals surface area contributed by atoms with E-state index in [4.69, 9.17) is 4.74 Å². The van der Waals surface area contributed by atoms with Crippen LogP contribution in [0.1, 0.15) is 24.6 Å². The lowest BCUT2D eigenvalue weighted by Gasteiger charge is -2.22. The predicted octanol–water partition coefficient (Wildman–Crippen LogP) is 0.903. The molecule has 0 radical (unpaired) electrons. The van der Waals surface area contributed by atoms with Crippen LogP contribution in [0.25, 0.3) is 0 Å². The van der Waals surface area contributed by atoms with Gasteiger partial charge in [-0.15, -0.1) is 0 Å². The van der Waals surface area contributed by atoms with Crippen molar-refractivity contribution in [1.29, 1.82) is 0 Å². The Kier molecular flexibility index (Phi) is 2.63. The van der Waals surface area contributed by atoms with Gasteiger partial charge in [-0.3, -0.25) is 4.79 Å². The second-order valence-corrected chi connectivity index (χ2v) is 3.60. The maximum Gasteiger partial charge on any atom is 0.267 e. The molecule has 0 aromatic carbocycles. The summed E-state index contributed by atoms with van der Waals surface area (Å²) in [6.07, 6.45) is 1.77. The molecule has 0 N–H and O–H groups in total. The highest BCUT2D eigenvalue weighted by molar-refractivity contribution is 4.98. The van der Waals surface area contributed by atoms with Crippen LogP contribution in [-0.4, -0.2) is 23.0 Å². The molecule has 1 aliphatic heterocycles. The van der Waals surface area contributed by atoms with Crippen LogP contribution in [-0.2, 0) is 4.74 Å². The van der Waals surface area contributed by atoms with E-state index < -0.39 is 0 Å². The van der Waals surface area contributed by atoms with Crippen molar-refractivity contribution in [3.63, 3.8) is 0 Å². The zero-order chi connectivity index (χ0) is 9.97. The van der Waals surface area contributed by atoms with Crippen molar-refractivity contribution >= 4 is 0 Å². The number of nitrogens with zero attached hydrogens (tertiary/aromatic N) is 2. The van der Waals surface area contributed by atoms with E-state index in [-0.39, 0.29) is 11.6 Å². The molecule has 2 rings (SSSR count). The van der Waals surface area contributed by atoms with E-state index in [2.05, 4.69) is 5.10 Å². The molecule has 0 spiro atoms. The van der Waals surface area contributed by atoms with E-state index in [1.807, 2.05) is 6.92 Å². The smallest absolute Gasteiger partial charge is 0.267 e. The topological polar surface area (TPSA) is 44.1 Å². The molecule has 2 heterocycles. The van der Waals surface area contributed by atoms with E-state index in [9.17, 15) is 4.79 Å². The van der Waals surface area contributed by atoms with E-state index in [0.29, 0.717) is 0 Å². The SMILES string of the molecule is Cc1ccc(=O)n(C2CCOCC2)n1. The molecule has 0 bridgehead atoms. The molecule has 1 aromatic heterocycles. The maximum atomic E-state index is 11.5. The third-order valence-electron chi connectivity index (χ3n) is 2.50. The summed E-state index contributed by atoms with van der Waals surface area (Å²) in [4.78, 5) is 11.5. The van der Waals surface area contributed by atoms with Crippen LogP contribution in [0.4, 0.5) is 0 Å². The molecule has 1 aromatic rings. The lowest BCUT2D eigenvalue weighted by atomic mass is 10.1. The number of aromatic nitrogens is 2. The molecule has 4 heteroatoms. The number of hydrogen-bond donors (Lipinski definition) is 0. The van der Waals surface area contributed by atoms with Crippen LogP contribution >= 0.6 is 0 Å². The Morgan fingerprint density at radius 3 is 2.86 bits per heavy atom. The van der Waals surface area contributed by atoms with E-state index in [1.54, 1.807) is 16.8 Å². The van der Waals surface area contributed by atoms with Gasteiger partial charge in [0.15, 0.2) is 0 Å². The summed E-state index contributed by atoms with van der Waals surface area (Å²) in [5.41, 5.74) is 0.874. The first-order chi connectivity index (χ1) is 6.77. The molecule has 0 saturated carbocycles. The van der Waals surface area contributed by atoms with Crippen molar-refractivity contribution in [1.82, 2.24) is 9.78 Å². The van der Waals surface area contributed by atoms with Crippen LogP contribution in [0, 0.1) is 6.92 Å². The average molecular weight is 194 g/mol. The minimum Gasteiger partial charge on any atom is -0.381 e. The predicted molar refractivity (Wildman–Crippen MR) is 52.3 cm³/mol. The molecule has 0 atom stereocenters. The normalized spacial score (nSPS) is 18.4. The first kappa shape index (κ1) is 9.40. The largest absolute Gasteiger partial charge is 0.381 e. The molecular formula is C10H14N2O2. The van der Waals surface area contributed by atoms with Crippen molar-refractivity contribution in [2.45, 2.75) is 25.8 Å². The molecule has 76 valence electrons. The highest BCUT2D eigenvalue weighted by atomic mass is 16.5. The van der Waals surface area contributed by atoms with Crippen LogP contribution < -0.4 is 5.56 Å². The number of hydrogen-bond acceptors (Lipinski definition) is 3. The standard InChI is InChI=1S/C10H14N2O2/c1-8-2-3-10(13)12(11-8)9-4-6-14-7-5-9/h2-3,9H,4-7H2,1H3. The lowest BCUT2D eigenvalue weighted by molar-refractivity contribution is 0.0646. The van der Waals surface area contributed by atoms with Crippen molar-refractivity contribution in [2.24, 2.45) is 0 Å². The Morgan fingerprint density at radius 1 is 1.43 bits per heavy atom. The minimum atomic E-state index is -0.0116. The molecule has 0 amide bonds. The van der Waals surface area contributed by atoms with Gasteiger partial charge < -0.3 is 4.74 Å². The Labute approximate surface area is 82.5 Å². The highest BCUT2D eigenvalue weighted by Crippen LogP contribution is 2.17. The monoisotopic (exact) mass is 194 g/mol. The third-order valence-corrected chi connectivity index (χ3v) is 2.50. The summed E-state index contributed by atoms with van der Waals surface area (Å²) in [7, 11) is 0. The van der Waals surface area contributed by atoms with Crippen molar-refractivity contribution in [3.8, 4) is 0 Å². The van der Waals surface area contributed by atoms with Crippen molar-refractivity contribution in [3.05, 3.63) is 28.2 Å². The number of ether oxygens (including phenoxy) is 1. The van der Waals surface area contributed by atoms with Gasteiger partial charge >= 0.3 is 0 Å².